The summed E-state index contributed by atoms with van der Waals surface area (Å²) in [4.78, 5) is 28.3. The highest BCUT2D eigenvalue weighted by Crippen LogP contribution is 2.36. The van der Waals surface area contributed by atoms with E-state index in [1.165, 1.54) is 5.56 Å². The number of nitrogens with one attached hydrogen (secondary N) is 1. The van der Waals surface area contributed by atoms with Crippen LogP contribution in [0.4, 0.5) is 5.95 Å². The largest absolute Gasteiger partial charge is 0.390 e. The van der Waals surface area contributed by atoms with Gasteiger partial charge in [-0.25, -0.2) is 4.98 Å². The van der Waals surface area contributed by atoms with Gasteiger partial charge in [0, 0.05) is 62.3 Å². The Labute approximate surface area is 213 Å². The second-order valence-corrected chi connectivity index (χ2v) is 11.1. The van der Waals surface area contributed by atoms with Crippen molar-refractivity contribution in [3.63, 3.8) is 0 Å². The summed E-state index contributed by atoms with van der Waals surface area (Å²) in [5, 5.41) is 16.4. The fourth-order valence-electron chi connectivity index (χ4n) is 5.62. The van der Waals surface area contributed by atoms with Gasteiger partial charge in [-0.15, -0.1) is 0 Å². The van der Waals surface area contributed by atoms with Gasteiger partial charge in [0.1, 0.15) is 5.65 Å². The number of piperazine rings is 1. The Hall–Kier alpha value is -2.55. The molecule has 0 atom stereocenters. The molecule has 2 fully saturated rings. The zero-order chi connectivity index (χ0) is 25.3. The van der Waals surface area contributed by atoms with E-state index in [2.05, 4.69) is 52.3 Å². The Morgan fingerprint density at radius 2 is 1.86 bits per heavy atom. The van der Waals surface area contributed by atoms with Crippen molar-refractivity contribution in [3.05, 3.63) is 40.3 Å². The Morgan fingerprint density at radius 1 is 1.11 bits per heavy atom. The summed E-state index contributed by atoms with van der Waals surface area (Å²) in [5.41, 5.74) is 1.22. The van der Waals surface area contributed by atoms with Crippen molar-refractivity contribution in [1.29, 1.82) is 0 Å². The number of unbranched alkanes of at least 4 members (excludes halogenated alkanes) is 1. The van der Waals surface area contributed by atoms with E-state index in [4.69, 9.17) is 4.98 Å². The molecule has 1 saturated carbocycles. The molecule has 0 bridgehead atoms. The van der Waals surface area contributed by atoms with Crippen LogP contribution in [0.2, 0.25) is 0 Å². The molecule has 8 nitrogen and oxygen atoms in total. The first-order valence-electron chi connectivity index (χ1n) is 13.6. The molecule has 2 N–H and O–H groups in total. The standard InChI is InChI=1S/C28H40N6O2/c1-4-5-12-29-27-30-18-24-22-7-6-20(19-33-15-13-32(3)14-16-33)17-23(22)26(35)34(25(24)31-27)21-8-10-28(2,36)11-9-21/h6-7,17-18,21,36H,4-5,8-16,19H2,1-3H3,(H,29,30,31)/t21-,28+. The maximum absolute atomic E-state index is 14.1. The van der Waals surface area contributed by atoms with E-state index in [1.807, 2.05) is 17.7 Å². The Kier molecular flexibility index (Phi) is 7.28. The number of hydrogen-bond donors (Lipinski definition) is 2. The van der Waals surface area contributed by atoms with Crippen molar-refractivity contribution in [2.75, 3.05) is 45.1 Å². The minimum atomic E-state index is -0.662. The predicted octanol–water partition coefficient (Wildman–Crippen LogP) is 3.77. The number of anilines is 1. The maximum atomic E-state index is 14.1. The lowest BCUT2D eigenvalue weighted by Crippen LogP contribution is -2.43. The molecule has 36 heavy (non-hydrogen) atoms. The van der Waals surface area contributed by atoms with Gasteiger partial charge in [0.25, 0.3) is 5.56 Å². The lowest BCUT2D eigenvalue weighted by atomic mass is 9.83. The molecule has 0 spiro atoms. The van der Waals surface area contributed by atoms with E-state index in [-0.39, 0.29) is 11.6 Å². The van der Waals surface area contributed by atoms with Crippen LogP contribution < -0.4 is 10.9 Å². The topological polar surface area (TPSA) is 86.5 Å². The Bertz CT molecular complexity index is 1270. The van der Waals surface area contributed by atoms with Gasteiger partial charge in [0.15, 0.2) is 0 Å². The van der Waals surface area contributed by atoms with Gasteiger partial charge >= 0.3 is 0 Å². The summed E-state index contributed by atoms with van der Waals surface area (Å²) in [6.07, 6.45) is 6.88. The summed E-state index contributed by atoms with van der Waals surface area (Å²) < 4.78 is 1.90. The van der Waals surface area contributed by atoms with Crippen LogP contribution in [0.5, 0.6) is 0 Å². The van der Waals surface area contributed by atoms with Crippen LogP contribution in [0.1, 0.15) is 64.0 Å². The van der Waals surface area contributed by atoms with E-state index in [0.29, 0.717) is 24.4 Å². The van der Waals surface area contributed by atoms with Gasteiger partial charge in [0.2, 0.25) is 5.95 Å². The number of benzene rings is 1. The Morgan fingerprint density at radius 3 is 2.58 bits per heavy atom. The predicted molar refractivity (Wildman–Crippen MR) is 146 cm³/mol. The van der Waals surface area contributed by atoms with Crippen LogP contribution in [0.15, 0.2) is 29.2 Å². The van der Waals surface area contributed by atoms with E-state index < -0.39 is 5.60 Å². The maximum Gasteiger partial charge on any atom is 0.260 e. The molecular weight excluding hydrogens is 452 g/mol. The average Bonchev–Trinajstić information content (AvgIpc) is 2.86. The normalized spacial score (nSPS) is 23.9. The third-order valence-electron chi connectivity index (χ3n) is 8.03. The number of aliphatic hydroxyl groups is 1. The third-order valence-corrected chi connectivity index (χ3v) is 8.03. The zero-order valence-corrected chi connectivity index (χ0v) is 22.0. The second kappa shape index (κ2) is 10.4. The lowest BCUT2D eigenvalue weighted by Gasteiger charge is -2.34. The summed E-state index contributed by atoms with van der Waals surface area (Å²) in [6, 6.07) is 6.32. The van der Waals surface area contributed by atoms with E-state index >= 15 is 0 Å². The number of hydrogen-bond acceptors (Lipinski definition) is 7. The number of pyridine rings is 1. The molecule has 2 aliphatic rings. The molecule has 0 amide bonds. The van der Waals surface area contributed by atoms with E-state index in [0.717, 1.165) is 81.1 Å². The summed E-state index contributed by atoms with van der Waals surface area (Å²) in [5.74, 6) is 0.568. The number of likely N-dealkylation sites (N-methyl/N-ethyl adjacent to an activating group) is 1. The number of aromatic nitrogens is 3. The third kappa shape index (κ3) is 5.26. The number of nitrogens with zero attached hydrogens (tertiary/aromatic N) is 5. The van der Waals surface area contributed by atoms with Crippen LogP contribution in [-0.2, 0) is 6.54 Å². The highest BCUT2D eigenvalue weighted by atomic mass is 16.3. The van der Waals surface area contributed by atoms with Crippen LogP contribution in [0.3, 0.4) is 0 Å². The molecule has 1 saturated heterocycles. The molecule has 1 aliphatic carbocycles. The molecule has 0 radical (unpaired) electrons. The Balaban J connectivity index is 1.57. The van der Waals surface area contributed by atoms with Crippen molar-refractivity contribution in [2.24, 2.45) is 0 Å². The highest BCUT2D eigenvalue weighted by molar-refractivity contribution is 6.04. The van der Waals surface area contributed by atoms with Crippen molar-refractivity contribution in [2.45, 2.75) is 70.6 Å². The molecule has 1 aromatic carbocycles. The van der Waals surface area contributed by atoms with Gasteiger partial charge < -0.3 is 15.3 Å². The van der Waals surface area contributed by atoms with Gasteiger partial charge in [-0.3, -0.25) is 14.3 Å². The van der Waals surface area contributed by atoms with Gasteiger partial charge in [-0.1, -0.05) is 25.5 Å². The summed E-state index contributed by atoms with van der Waals surface area (Å²) >= 11 is 0. The van der Waals surface area contributed by atoms with Gasteiger partial charge in [-0.05, 0) is 63.1 Å². The first kappa shape index (κ1) is 25.1. The SMILES string of the molecule is CCCCNc1ncc2c3ccc(CN4CCN(C)CC4)cc3c(=O)n([C@H]3CC[C@@](C)(O)CC3)c2n1. The minimum Gasteiger partial charge on any atom is -0.390 e. The quantitative estimate of drug-likeness (QED) is 0.384. The molecule has 0 unspecified atom stereocenters. The smallest absolute Gasteiger partial charge is 0.260 e. The molecule has 194 valence electrons. The number of rotatable bonds is 7. The van der Waals surface area contributed by atoms with Crippen molar-refractivity contribution < 1.29 is 5.11 Å². The second-order valence-electron chi connectivity index (χ2n) is 11.1. The molecule has 5 rings (SSSR count). The molecule has 2 aromatic heterocycles. The van der Waals surface area contributed by atoms with Gasteiger partial charge in [0.05, 0.1) is 5.60 Å². The average molecular weight is 493 g/mol. The van der Waals surface area contributed by atoms with Crippen LogP contribution in [-0.4, -0.2) is 74.8 Å². The lowest BCUT2D eigenvalue weighted by molar-refractivity contribution is 0.0100. The van der Waals surface area contributed by atoms with E-state index in [1.54, 1.807) is 0 Å². The first-order valence-corrected chi connectivity index (χ1v) is 13.6. The molecule has 3 heterocycles. The first-order chi connectivity index (χ1) is 17.3. The van der Waals surface area contributed by atoms with Crippen molar-refractivity contribution >= 4 is 27.8 Å². The highest BCUT2D eigenvalue weighted by Gasteiger charge is 2.31. The summed E-state index contributed by atoms with van der Waals surface area (Å²) in [7, 11) is 2.17. The fraction of sp³-hybridized carbons (Fsp3) is 0.607. The molecule has 8 heteroatoms. The molecular formula is C28H40N6O2. The van der Waals surface area contributed by atoms with Crippen molar-refractivity contribution in [3.8, 4) is 0 Å². The molecule has 1 aliphatic heterocycles. The van der Waals surface area contributed by atoms with Crippen LogP contribution in [0, 0.1) is 0 Å². The number of fused-ring (bicyclic) bond motifs is 3. The monoisotopic (exact) mass is 492 g/mol. The zero-order valence-electron chi connectivity index (χ0n) is 22.0. The van der Waals surface area contributed by atoms with Crippen LogP contribution >= 0.6 is 0 Å². The van der Waals surface area contributed by atoms with Gasteiger partial charge in [-0.2, -0.15) is 4.98 Å². The molecule has 3 aromatic rings. The van der Waals surface area contributed by atoms with E-state index in [9.17, 15) is 9.90 Å². The van der Waals surface area contributed by atoms with Crippen LogP contribution in [0.25, 0.3) is 21.8 Å². The van der Waals surface area contributed by atoms with Crippen molar-refractivity contribution in [1.82, 2.24) is 24.3 Å². The minimum absolute atomic E-state index is 0.0162. The fourth-order valence-corrected chi connectivity index (χ4v) is 5.62. The summed E-state index contributed by atoms with van der Waals surface area (Å²) in [6.45, 7) is 9.94.